The van der Waals surface area contributed by atoms with E-state index in [1.807, 2.05) is 11.8 Å². The second-order valence-electron chi connectivity index (χ2n) is 7.02. The number of primary amides is 1. The number of nitrogens with zero attached hydrogens (tertiary/aromatic N) is 2. The van der Waals surface area contributed by atoms with E-state index in [4.69, 9.17) is 20.0 Å². The Bertz CT molecular complexity index is 942. The van der Waals surface area contributed by atoms with Crippen LogP contribution in [0.1, 0.15) is 52.3 Å². The number of benzene rings is 1. The third-order valence-electron chi connectivity index (χ3n) is 4.65. The third kappa shape index (κ3) is 4.33. The van der Waals surface area contributed by atoms with E-state index < -0.39 is 18.1 Å². The van der Waals surface area contributed by atoms with Crippen LogP contribution < -0.4 is 26.0 Å². The lowest BCUT2D eigenvalue weighted by molar-refractivity contribution is 0.0910. The number of amides is 2. The molecule has 0 saturated carbocycles. The molecule has 10 heteroatoms. The second kappa shape index (κ2) is 9.04. The van der Waals surface area contributed by atoms with Gasteiger partial charge in [-0.1, -0.05) is 6.92 Å². The van der Waals surface area contributed by atoms with Crippen molar-refractivity contribution < 1.29 is 23.8 Å². The quantitative estimate of drug-likeness (QED) is 0.450. The van der Waals surface area contributed by atoms with E-state index >= 15 is 0 Å². The molecular weight excluding hydrogens is 390 g/mol. The van der Waals surface area contributed by atoms with Crippen LogP contribution in [0.15, 0.2) is 16.5 Å². The highest BCUT2D eigenvalue weighted by atomic mass is 16.5. The molecule has 5 N–H and O–H groups in total. The zero-order valence-corrected chi connectivity index (χ0v) is 17.3. The molecule has 10 nitrogen and oxygen atoms in total. The van der Waals surface area contributed by atoms with Gasteiger partial charge in [0.1, 0.15) is 11.4 Å². The number of aliphatic hydroxyl groups excluding tert-OH is 1. The van der Waals surface area contributed by atoms with Crippen LogP contribution in [0.2, 0.25) is 0 Å². The lowest BCUT2D eigenvalue weighted by Gasteiger charge is -2.27. The van der Waals surface area contributed by atoms with Crippen molar-refractivity contribution in [3.63, 3.8) is 0 Å². The van der Waals surface area contributed by atoms with Gasteiger partial charge in [-0.05, 0) is 25.5 Å². The maximum absolute atomic E-state index is 12.8. The maximum Gasteiger partial charge on any atom is 0.291 e. The molecule has 1 aliphatic rings. The fraction of sp³-hybridized carbons (Fsp3) is 0.450. The summed E-state index contributed by atoms with van der Waals surface area (Å²) in [7, 11) is 0. The van der Waals surface area contributed by atoms with Gasteiger partial charge in [0, 0.05) is 32.1 Å². The van der Waals surface area contributed by atoms with Crippen LogP contribution in [0, 0.1) is 13.8 Å². The first-order chi connectivity index (χ1) is 14.3. The van der Waals surface area contributed by atoms with E-state index in [9.17, 15) is 9.59 Å². The van der Waals surface area contributed by atoms with E-state index in [0.29, 0.717) is 36.0 Å². The van der Waals surface area contributed by atoms with Crippen molar-refractivity contribution in [1.82, 2.24) is 10.3 Å². The Labute approximate surface area is 174 Å². The Balaban J connectivity index is 1.92. The fourth-order valence-corrected chi connectivity index (χ4v) is 3.39. The summed E-state index contributed by atoms with van der Waals surface area (Å²) >= 11 is 0. The summed E-state index contributed by atoms with van der Waals surface area (Å²) in [5.74, 6) is 0.0285. The first kappa shape index (κ1) is 21.4. The molecule has 1 aliphatic heterocycles. The smallest absolute Gasteiger partial charge is 0.291 e. The number of anilines is 2. The average molecular weight is 417 g/mol. The monoisotopic (exact) mass is 417 g/mol. The van der Waals surface area contributed by atoms with E-state index in [-0.39, 0.29) is 24.5 Å². The van der Waals surface area contributed by atoms with Gasteiger partial charge in [0.15, 0.2) is 12.2 Å². The number of oxazole rings is 1. The SMILES string of the molecule is CCCN1c2c(cc(C(N)=O)cc2OCCCO)NC1NC(=O)c1oc(C)nc1C. The minimum Gasteiger partial charge on any atom is -0.491 e. The van der Waals surface area contributed by atoms with Crippen molar-refractivity contribution in [1.29, 1.82) is 0 Å². The molecule has 1 aromatic heterocycles. The third-order valence-corrected chi connectivity index (χ3v) is 4.65. The molecule has 2 amide bonds. The summed E-state index contributed by atoms with van der Waals surface area (Å²) in [5.41, 5.74) is 7.60. The highest BCUT2D eigenvalue weighted by Gasteiger charge is 2.34. The number of aryl methyl sites for hydroxylation is 2. The fourth-order valence-electron chi connectivity index (χ4n) is 3.39. The Morgan fingerprint density at radius 3 is 2.77 bits per heavy atom. The predicted octanol–water partition coefficient (Wildman–Crippen LogP) is 1.51. The Hall–Kier alpha value is -3.27. The van der Waals surface area contributed by atoms with Gasteiger partial charge < -0.3 is 35.5 Å². The van der Waals surface area contributed by atoms with E-state index in [1.54, 1.807) is 26.0 Å². The van der Waals surface area contributed by atoms with Gasteiger partial charge in [0.05, 0.1) is 18.0 Å². The molecule has 3 rings (SSSR count). The normalized spacial score (nSPS) is 14.9. The number of nitrogens with one attached hydrogen (secondary N) is 2. The highest BCUT2D eigenvalue weighted by molar-refractivity contribution is 5.98. The maximum atomic E-state index is 12.8. The Morgan fingerprint density at radius 2 is 2.17 bits per heavy atom. The molecule has 0 saturated heterocycles. The molecule has 1 unspecified atom stereocenters. The van der Waals surface area contributed by atoms with Gasteiger partial charge in [-0.15, -0.1) is 0 Å². The Kier molecular flexibility index (Phi) is 6.46. The lowest BCUT2D eigenvalue weighted by atomic mass is 10.1. The van der Waals surface area contributed by atoms with Crippen molar-refractivity contribution >= 4 is 23.2 Å². The average Bonchev–Trinajstić information content (AvgIpc) is 3.21. The number of ether oxygens (including phenoxy) is 1. The molecule has 30 heavy (non-hydrogen) atoms. The summed E-state index contributed by atoms with van der Waals surface area (Å²) in [6.45, 7) is 6.29. The van der Waals surface area contributed by atoms with Crippen LogP contribution in [0.3, 0.4) is 0 Å². The molecule has 0 bridgehead atoms. The number of carbonyl (C=O) groups is 2. The number of rotatable bonds is 9. The van der Waals surface area contributed by atoms with Crippen LogP contribution in [0.5, 0.6) is 5.75 Å². The predicted molar refractivity (Wildman–Crippen MR) is 111 cm³/mol. The first-order valence-electron chi connectivity index (χ1n) is 9.85. The highest BCUT2D eigenvalue weighted by Crippen LogP contribution is 2.43. The van der Waals surface area contributed by atoms with Crippen molar-refractivity contribution in [2.24, 2.45) is 5.73 Å². The molecule has 2 heterocycles. The summed E-state index contributed by atoms with van der Waals surface area (Å²) in [6.07, 6.45) is 0.670. The van der Waals surface area contributed by atoms with Crippen molar-refractivity contribution in [3.05, 3.63) is 35.0 Å². The Morgan fingerprint density at radius 1 is 1.40 bits per heavy atom. The summed E-state index contributed by atoms with van der Waals surface area (Å²) in [6, 6.07) is 3.21. The van der Waals surface area contributed by atoms with Crippen molar-refractivity contribution in [2.45, 2.75) is 39.9 Å². The van der Waals surface area contributed by atoms with Crippen LogP contribution in [-0.2, 0) is 0 Å². The molecule has 0 fully saturated rings. The van der Waals surface area contributed by atoms with Gasteiger partial charge in [-0.25, -0.2) is 4.98 Å². The van der Waals surface area contributed by atoms with Crippen LogP contribution >= 0.6 is 0 Å². The van der Waals surface area contributed by atoms with Gasteiger partial charge in [-0.2, -0.15) is 0 Å². The number of aromatic nitrogens is 1. The molecule has 0 spiro atoms. The zero-order chi connectivity index (χ0) is 21.8. The topological polar surface area (TPSA) is 143 Å². The summed E-state index contributed by atoms with van der Waals surface area (Å²) in [5, 5.41) is 15.2. The number of carbonyl (C=O) groups excluding carboxylic acids is 2. The van der Waals surface area contributed by atoms with Gasteiger partial charge in [-0.3, -0.25) is 9.59 Å². The van der Waals surface area contributed by atoms with E-state index in [1.165, 1.54) is 0 Å². The minimum absolute atomic E-state index is 0.0107. The van der Waals surface area contributed by atoms with Crippen molar-refractivity contribution in [3.8, 4) is 5.75 Å². The van der Waals surface area contributed by atoms with Gasteiger partial charge in [0.25, 0.3) is 5.91 Å². The second-order valence-corrected chi connectivity index (χ2v) is 7.02. The molecule has 1 aromatic carbocycles. The number of nitrogens with two attached hydrogens (primary N) is 1. The zero-order valence-electron chi connectivity index (χ0n) is 17.3. The number of fused-ring (bicyclic) bond motifs is 1. The molecule has 0 aliphatic carbocycles. The van der Waals surface area contributed by atoms with Gasteiger partial charge in [0.2, 0.25) is 11.7 Å². The van der Waals surface area contributed by atoms with Gasteiger partial charge >= 0.3 is 0 Å². The standard InChI is InChI=1S/C20H27N5O5/c1-4-6-25-16-14(9-13(18(21)27)10-15(16)29-8-5-7-26)23-20(25)24-19(28)17-11(2)22-12(3)30-17/h9-10,20,23,26H,4-8H2,1-3H3,(H2,21,27)(H,24,28). The van der Waals surface area contributed by atoms with E-state index in [0.717, 1.165) is 12.1 Å². The number of hydrogen-bond acceptors (Lipinski definition) is 8. The molecule has 162 valence electrons. The first-order valence-corrected chi connectivity index (χ1v) is 9.85. The van der Waals surface area contributed by atoms with Crippen molar-refractivity contribution in [2.75, 3.05) is 30.0 Å². The summed E-state index contributed by atoms with van der Waals surface area (Å²) in [4.78, 5) is 30.6. The number of aliphatic hydroxyl groups is 1. The van der Waals surface area contributed by atoms with Crippen LogP contribution in [0.4, 0.5) is 11.4 Å². The molecule has 2 aromatic rings. The molecule has 1 atom stereocenters. The van der Waals surface area contributed by atoms with Crippen LogP contribution in [-0.4, -0.2) is 48.0 Å². The minimum atomic E-state index is -0.589. The summed E-state index contributed by atoms with van der Waals surface area (Å²) < 4.78 is 11.2. The molecular formula is C20H27N5O5. The number of hydrogen-bond donors (Lipinski definition) is 4. The largest absolute Gasteiger partial charge is 0.491 e. The molecule has 0 radical (unpaired) electrons. The van der Waals surface area contributed by atoms with E-state index in [2.05, 4.69) is 15.6 Å². The lowest BCUT2D eigenvalue weighted by Crippen LogP contribution is -2.50. The van der Waals surface area contributed by atoms with Crippen LogP contribution in [0.25, 0.3) is 0 Å².